The fourth-order valence-corrected chi connectivity index (χ4v) is 0.257. The average molecular weight is 139 g/mol. The molecule has 0 bridgehead atoms. The molecule has 0 spiro atoms. The molecule has 2 N–H and O–H groups in total. The van der Waals surface area contributed by atoms with Crippen LogP contribution in [0.1, 0.15) is 0 Å². The summed E-state index contributed by atoms with van der Waals surface area (Å²) in [5, 5.41) is 2.04. The number of carbonyl (C=O) groups is 2. The molecule has 53 valence electrons. The predicted molar refractivity (Wildman–Crippen MR) is 35.6 cm³/mol. The first kappa shape index (κ1) is 8.42. The van der Waals surface area contributed by atoms with Crippen LogP contribution >= 0.6 is 0 Å². The zero-order valence-electron chi connectivity index (χ0n) is 5.31. The summed E-state index contributed by atoms with van der Waals surface area (Å²) in [7, 11) is 0. The molecule has 0 aliphatic rings. The molecule has 2 amide bonds. The van der Waals surface area contributed by atoms with Crippen LogP contribution < -0.4 is 11.1 Å². The van der Waals surface area contributed by atoms with Crippen LogP contribution in [-0.4, -0.2) is 11.8 Å². The third kappa shape index (κ3) is 2.66. The second-order valence-electron chi connectivity index (χ2n) is 1.50. The van der Waals surface area contributed by atoms with Gasteiger partial charge in [0.15, 0.2) is 0 Å². The van der Waals surface area contributed by atoms with E-state index in [-0.39, 0.29) is 5.70 Å². The van der Waals surface area contributed by atoms with Crippen LogP contribution in [0.3, 0.4) is 0 Å². The molecule has 0 fully saturated rings. The van der Waals surface area contributed by atoms with Gasteiger partial charge in [0.1, 0.15) is 5.70 Å². The molecule has 0 aliphatic carbocycles. The maximum atomic E-state index is 10.4. The Kier molecular flexibility index (Phi) is 2.90. The Morgan fingerprint density at radius 1 is 1.50 bits per heavy atom. The minimum Gasteiger partial charge on any atom is -0.318 e. The molecule has 0 saturated heterocycles. The Labute approximate surface area is 58.4 Å². The fourth-order valence-electron chi connectivity index (χ4n) is 0.257. The van der Waals surface area contributed by atoms with E-state index >= 15 is 0 Å². The normalized spacial score (nSPS) is 8.00. The number of hydrogen-bond donors (Lipinski definition) is 1. The Morgan fingerprint density at radius 2 is 2.00 bits per heavy atom. The van der Waals surface area contributed by atoms with Gasteiger partial charge in [0.2, 0.25) is 5.91 Å². The molecular weight excluding hydrogens is 132 g/mol. The summed E-state index contributed by atoms with van der Waals surface area (Å²) in [6.07, 6.45) is 0.994. The van der Waals surface area contributed by atoms with E-state index in [0.29, 0.717) is 0 Å². The Morgan fingerprint density at radius 3 is 2.30 bits per heavy atom. The van der Waals surface area contributed by atoms with Crippen LogP contribution in [0.25, 0.3) is 0 Å². The van der Waals surface area contributed by atoms with Gasteiger partial charge >= 0.3 is 0 Å². The van der Waals surface area contributed by atoms with Crippen molar-refractivity contribution in [3.05, 3.63) is 24.9 Å². The molecule has 0 aliphatic heterocycles. The SMILES string of the molecule is C=CC(=O)NC(=C)C([NH])=O. The summed E-state index contributed by atoms with van der Waals surface area (Å²) in [5.41, 5.74) is 6.22. The van der Waals surface area contributed by atoms with Gasteiger partial charge < -0.3 is 5.32 Å². The van der Waals surface area contributed by atoms with Gasteiger partial charge in [-0.1, -0.05) is 13.2 Å². The zero-order chi connectivity index (χ0) is 8.15. The molecule has 0 unspecified atom stereocenters. The lowest BCUT2D eigenvalue weighted by Crippen LogP contribution is -2.24. The van der Waals surface area contributed by atoms with Crippen molar-refractivity contribution >= 4 is 11.8 Å². The average Bonchev–Trinajstić information content (AvgIpc) is 1.87. The maximum absolute atomic E-state index is 10.4. The lowest BCUT2D eigenvalue weighted by Gasteiger charge is -1.98. The van der Waals surface area contributed by atoms with E-state index in [0.717, 1.165) is 6.08 Å². The standard InChI is InChI=1S/C6H7N2O2/c1-3-5(9)8-4(2)6(7)10/h3,7H,1-2H2,(H,8,9). The van der Waals surface area contributed by atoms with E-state index in [9.17, 15) is 9.59 Å². The second kappa shape index (κ2) is 3.45. The van der Waals surface area contributed by atoms with Crippen molar-refractivity contribution in [3.63, 3.8) is 0 Å². The van der Waals surface area contributed by atoms with Crippen LogP contribution in [0, 0.1) is 0 Å². The maximum Gasteiger partial charge on any atom is 0.285 e. The fraction of sp³-hybridized carbons (Fsp3) is 0. The quantitative estimate of drug-likeness (QED) is 0.541. The third-order valence-corrected chi connectivity index (χ3v) is 0.734. The summed E-state index contributed by atoms with van der Waals surface area (Å²) < 4.78 is 0. The van der Waals surface area contributed by atoms with E-state index in [1.54, 1.807) is 0 Å². The molecule has 0 aromatic heterocycles. The van der Waals surface area contributed by atoms with Gasteiger partial charge in [0, 0.05) is 0 Å². The number of rotatable bonds is 3. The van der Waals surface area contributed by atoms with E-state index in [1.165, 1.54) is 0 Å². The van der Waals surface area contributed by atoms with E-state index in [2.05, 4.69) is 13.2 Å². The molecule has 0 rings (SSSR count). The molecule has 4 heteroatoms. The summed E-state index contributed by atoms with van der Waals surface area (Å²) in [5.74, 6) is -1.54. The molecule has 1 radical (unpaired) electrons. The largest absolute Gasteiger partial charge is 0.318 e. The van der Waals surface area contributed by atoms with E-state index in [1.807, 2.05) is 5.32 Å². The molecule has 0 saturated carbocycles. The van der Waals surface area contributed by atoms with Gasteiger partial charge in [0.25, 0.3) is 5.91 Å². The predicted octanol–water partition coefficient (Wildman–Crippen LogP) is -0.388. The molecular formula is C6H7N2O2. The number of hydrogen-bond acceptors (Lipinski definition) is 2. The topological polar surface area (TPSA) is 70.0 Å². The lowest BCUT2D eigenvalue weighted by molar-refractivity contribution is -0.120. The number of carbonyl (C=O) groups excluding carboxylic acids is 2. The van der Waals surface area contributed by atoms with E-state index in [4.69, 9.17) is 5.73 Å². The highest BCUT2D eigenvalue weighted by atomic mass is 16.2. The minimum absolute atomic E-state index is 0.245. The summed E-state index contributed by atoms with van der Waals surface area (Å²) in [6, 6.07) is 0. The highest BCUT2D eigenvalue weighted by molar-refractivity contribution is 5.98. The summed E-state index contributed by atoms with van der Waals surface area (Å²) in [4.78, 5) is 20.5. The molecule has 10 heavy (non-hydrogen) atoms. The molecule has 4 nitrogen and oxygen atoms in total. The second-order valence-corrected chi connectivity index (χ2v) is 1.50. The molecule has 0 atom stereocenters. The van der Waals surface area contributed by atoms with Crippen molar-refractivity contribution in [2.75, 3.05) is 0 Å². The van der Waals surface area contributed by atoms with Gasteiger partial charge in [-0.15, -0.1) is 0 Å². The van der Waals surface area contributed by atoms with E-state index < -0.39 is 11.8 Å². The van der Waals surface area contributed by atoms with Crippen molar-refractivity contribution < 1.29 is 9.59 Å². The van der Waals surface area contributed by atoms with Crippen molar-refractivity contribution in [2.24, 2.45) is 0 Å². The van der Waals surface area contributed by atoms with Crippen molar-refractivity contribution in [3.8, 4) is 0 Å². The first-order valence-corrected chi connectivity index (χ1v) is 2.46. The smallest absolute Gasteiger partial charge is 0.285 e. The van der Waals surface area contributed by atoms with Gasteiger partial charge in [-0.2, -0.15) is 0 Å². The number of nitrogens with one attached hydrogen (secondary N) is 2. The highest BCUT2D eigenvalue weighted by Gasteiger charge is 2.02. The highest BCUT2D eigenvalue weighted by Crippen LogP contribution is 1.81. The Balaban J connectivity index is 3.92. The Hall–Kier alpha value is -1.58. The summed E-state index contributed by atoms with van der Waals surface area (Å²) in [6.45, 7) is 6.27. The van der Waals surface area contributed by atoms with Crippen LogP contribution in [0.2, 0.25) is 0 Å². The van der Waals surface area contributed by atoms with Gasteiger partial charge in [-0.3, -0.25) is 15.3 Å². The lowest BCUT2D eigenvalue weighted by atomic mass is 10.4. The van der Waals surface area contributed by atoms with Gasteiger partial charge in [-0.05, 0) is 6.08 Å². The monoisotopic (exact) mass is 139 g/mol. The molecule has 0 aromatic rings. The van der Waals surface area contributed by atoms with Crippen molar-refractivity contribution in [1.82, 2.24) is 11.1 Å². The van der Waals surface area contributed by atoms with Gasteiger partial charge in [-0.25, -0.2) is 0 Å². The zero-order valence-corrected chi connectivity index (χ0v) is 5.31. The molecule has 0 aromatic carbocycles. The van der Waals surface area contributed by atoms with Crippen LogP contribution in [-0.2, 0) is 9.59 Å². The Bertz CT molecular complexity index is 196. The summed E-state index contributed by atoms with van der Waals surface area (Å²) >= 11 is 0. The van der Waals surface area contributed by atoms with Crippen LogP contribution in [0.4, 0.5) is 0 Å². The number of amides is 2. The molecule has 0 heterocycles. The van der Waals surface area contributed by atoms with Crippen LogP contribution in [0.15, 0.2) is 24.9 Å². The third-order valence-electron chi connectivity index (χ3n) is 0.734. The van der Waals surface area contributed by atoms with Crippen molar-refractivity contribution in [1.29, 1.82) is 0 Å². The first-order chi connectivity index (χ1) is 4.57. The van der Waals surface area contributed by atoms with Crippen LogP contribution in [0.5, 0.6) is 0 Å². The van der Waals surface area contributed by atoms with Crippen molar-refractivity contribution in [2.45, 2.75) is 0 Å². The van der Waals surface area contributed by atoms with Gasteiger partial charge in [0.05, 0.1) is 0 Å². The first-order valence-electron chi connectivity index (χ1n) is 2.46. The minimum atomic E-state index is -1.00.